The van der Waals surface area contributed by atoms with Crippen LogP contribution in [0.1, 0.15) is 79.3 Å². The van der Waals surface area contributed by atoms with Crippen LogP contribution in [0, 0.1) is 16.0 Å². The quantitative estimate of drug-likeness (QED) is 0.159. The molecule has 0 radical (unpaired) electrons. The lowest BCUT2D eigenvalue weighted by atomic mass is 9.94. The molecule has 51 heavy (non-hydrogen) atoms. The van der Waals surface area contributed by atoms with E-state index in [2.05, 4.69) is 50.2 Å². The summed E-state index contributed by atoms with van der Waals surface area (Å²) in [5.74, 6) is -0.488. The summed E-state index contributed by atoms with van der Waals surface area (Å²) in [5, 5.41) is 14.9. The molecular formula is C39H49N5O6S. The molecule has 0 unspecified atom stereocenters. The third kappa shape index (κ3) is 9.75. The molecular weight excluding hydrogens is 667 g/mol. The summed E-state index contributed by atoms with van der Waals surface area (Å²) in [6.45, 7) is 6.22. The minimum absolute atomic E-state index is 0.182. The SMILES string of the molecule is O=C(NS(=O)(=O)c1ccc(NCC2CCOCC2)c([N+](=O)[O-])c1)c1ccc(N2CCN(Cc3ccccc3C3=CCCCCCCC3)CC2)cc1. The Bertz CT molecular complexity index is 1800. The third-order valence-electron chi connectivity index (χ3n) is 10.3. The lowest BCUT2D eigenvalue weighted by Gasteiger charge is -2.36. The number of amides is 1. The number of nitrogens with zero attached hydrogens (tertiary/aromatic N) is 3. The van der Waals surface area contributed by atoms with Crippen LogP contribution in [0.15, 0.2) is 77.7 Å². The van der Waals surface area contributed by atoms with E-state index in [0.29, 0.717) is 25.7 Å². The first-order valence-electron chi connectivity index (χ1n) is 18.3. The first kappa shape index (κ1) is 36.5. The van der Waals surface area contributed by atoms with Crippen LogP contribution in [0.4, 0.5) is 17.1 Å². The van der Waals surface area contributed by atoms with Crippen LogP contribution in [-0.2, 0) is 21.3 Å². The number of hydrogen-bond acceptors (Lipinski definition) is 9. The standard InChI is InChI=1S/C39H49N5O6S/c45-39(41-51(48,49)35-17-18-37(38(27-35)44(46)47)40-28-30-19-25-50-26-20-30)32-13-15-34(16-14-32)43-23-21-42(22-24-43)29-33-11-7-8-12-36(33)31-9-5-3-1-2-4-6-10-31/h7-9,11-18,27,30,40H,1-6,10,19-26,28-29H2,(H,41,45). The monoisotopic (exact) mass is 715 g/mol. The molecule has 0 spiro atoms. The summed E-state index contributed by atoms with van der Waals surface area (Å²) in [6, 6.07) is 19.4. The predicted octanol–water partition coefficient (Wildman–Crippen LogP) is 7.00. The fourth-order valence-electron chi connectivity index (χ4n) is 7.24. The van der Waals surface area contributed by atoms with Crippen molar-refractivity contribution in [2.75, 3.05) is 56.2 Å². The molecule has 1 aliphatic carbocycles. The minimum atomic E-state index is -4.36. The molecule has 1 amide bonds. The van der Waals surface area contributed by atoms with E-state index in [-0.39, 0.29) is 21.8 Å². The van der Waals surface area contributed by atoms with Gasteiger partial charge >= 0.3 is 0 Å². The average molecular weight is 716 g/mol. The van der Waals surface area contributed by atoms with Crippen molar-refractivity contribution < 1.29 is 22.9 Å². The summed E-state index contributed by atoms with van der Waals surface area (Å²) < 4.78 is 33.7. The topological polar surface area (TPSA) is 134 Å². The predicted molar refractivity (Wildman–Crippen MR) is 200 cm³/mol. The first-order valence-corrected chi connectivity index (χ1v) is 19.8. The van der Waals surface area contributed by atoms with Gasteiger partial charge in [-0.3, -0.25) is 19.8 Å². The molecule has 2 saturated heterocycles. The smallest absolute Gasteiger partial charge is 0.293 e. The van der Waals surface area contributed by atoms with Crippen LogP contribution in [-0.4, -0.2) is 70.1 Å². The van der Waals surface area contributed by atoms with Crippen molar-refractivity contribution in [3.63, 3.8) is 0 Å². The van der Waals surface area contributed by atoms with Gasteiger partial charge < -0.3 is 15.0 Å². The van der Waals surface area contributed by atoms with E-state index in [9.17, 15) is 23.3 Å². The zero-order valence-corrected chi connectivity index (χ0v) is 30.0. The van der Waals surface area contributed by atoms with Crippen molar-refractivity contribution in [3.05, 3.63) is 99.6 Å². The maximum absolute atomic E-state index is 13.1. The zero-order chi connectivity index (χ0) is 35.6. The van der Waals surface area contributed by atoms with Crippen LogP contribution >= 0.6 is 0 Å². The van der Waals surface area contributed by atoms with Gasteiger partial charge in [0.25, 0.3) is 21.6 Å². The zero-order valence-electron chi connectivity index (χ0n) is 29.2. The van der Waals surface area contributed by atoms with Crippen molar-refractivity contribution in [2.45, 2.75) is 69.2 Å². The van der Waals surface area contributed by atoms with Gasteiger partial charge in [-0.1, -0.05) is 49.6 Å². The second-order valence-electron chi connectivity index (χ2n) is 13.8. The highest BCUT2D eigenvalue weighted by Gasteiger charge is 2.25. The van der Waals surface area contributed by atoms with E-state index in [1.807, 2.05) is 12.1 Å². The van der Waals surface area contributed by atoms with Crippen LogP contribution in [0.25, 0.3) is 5.57 Å². The summed E-state index contributed by atoms with van der Waals surface area (Å²) in [6.07, 6.45) is 13.0. The fraction of sp³-hybridized carbons (Fsp3) is 0.462. The van der Waals surface area contributed by atoms with Gasteiger partial charge in [0, 0.05) is 69.8 Å². The van der Waals surface area contributed by atoms with Crippen molar-refractivity contribution in [1.82, 2.24) is 9.62 Å². The number of carbonyl (C=O) groups excluding carboxylic acids is 1. The van der Waals surface area contributed by atoms with Crippen LogP contribution in [0.2, 0.25) is 0 Å². The van der Waals surface area contributed by atoms with Gasteiger partial charge in [0.2, 0.25) is 0 Å². The van der Waals surface area contributed by atoms with Gasteiger partial charge in [-0.15, -0.1) is 0 Å². The van der Waals surface area contributed by atoms with Gasteiger partial charge in [-0.05, 0) is 97.5 Å². The Hall–Kier alpha value is -4.26. The summed E-state index contributed by atoms with van der Waals surface area (Å²) in [4.78, 5) is 28.6. The number of nitrogens with one attached hydrogen (secondary N) is 2. The van der Waals surface area contributed by atoms with Gasteiger partial charge in [0.05, 0.1) is 9.82 Å². The first-order chi connectivity index (χ1) is 24.8. The molecule has 2 aliphatic heterocycles. The van der Waals surface area contributed by atoms with Crippen molar-refractivity contribution in [1.29, 1.82) is 0 Å². The Kier molecular flexibility index (Phi) is 12.4. The lowest BCUT2D eigenvalue weighted by molar-refractivity contribution is -0.384. The number of carbonyl (C=O) groups is 1. The van der Waals surface area contributed by atoms with Crippen molar-refractivity contribution >= 4 is 38.6 Å². The normalized spacial score (nSPS) is 18.2. The van der Waals surface area contributed by atoms with E-state index in [1.165, 1.54) is 60.9 Å². The van der Waals surface area contributed by atoms with Gasteiger partial charge in [0.1, 0.15) is 5.69 Å². The van der Waals surface area contributed by atoms with Gasteiger partial charge in [0.15, 0.2) is 0 Å². The Balaban J connectivity index is 1.03. The van der Waals surface area contributed by atoms with E-state index < -0.39 is 20.9 Å². The Morgan fingerprint density at radius 1 is 0.902 bits per heavy atom. The van der Waals surface area contributed by atoms with Crippen LogP contribution in [0.3, 0.4) is 0 Å². The van der Waals surface area contributed by atoms with E-state index in [1.54, 1.807) is 12.1 Å². The van der Waals surface area contributed by atoms with E-state index in [4.69, 9.17) is 4.74 Å². The van der Waals surface area contributed by atoms with E-state index >= 15 is 0 Å². The molecule has 11 nitrogen and oxygen atoms in total. The molecule has 6 rings (SSSR count). The van der Waals surface area contributed by atoms with Gasteiger partial charge in [-0.25, -0.2) is 13.1 Å². The van der Waals surface area contributed by atoms with Crippen LogP contribution in [0.5, 0.6) is 0 Å². The molecule has 0 atom stereocenters. The van der Waals surface area contributed by atoms with Crippen molar-refractivity contribution in [2.24, 2.45) is 5.92 Å². The summed E-state index contributed by atoms with van der Waals surface area (Å²) in [7, 11) is -4.36. The largest absolute Gasteiger partial charge is 0.381 e. The Labute approximate surface area is 301 Å². The number of nitro benzene ring substituents is 1. The Morgan fingerprint density at radius 3 is 2.39 bits per heavy atom. The van der Waals surface area contributed by atoms with Crippen molar-refractivity contribution in [3.8, 4) is 0 Å². The molecule has 3 aliphatic rings. The second kappa shape index (κ2) is 17.3. The average Bonchev–Trinajstić information content (AvgIpc) is 3.29. The summed E-state index contributed by atoms with van der Waals surface area (Å²) >= 11 is 0. The number of allylic oxidation sites excluding steroid dienone is 2. The second-order valence-corrected chi connectivity index (χ2v) is 15.5. The molecule has 0 aromatic heterocycles. The maximum atomic E-state index is 13.1. The van der Waals surface area contributed by atoms with Gasteiger partial charge in [-0.2, -0.15) is 0 Å². The number of ether oxygens (including phenoxy) is 1. The number of sulfonamides is 1. The number of nitro groups is 1. The number of rotatable bonds is 11. The molecule has 3 aromatic rings. The number of benzene rings is 3. The molecule has 2 N–H and O–H groups in total. The Morgan fingerprint density at radius 2 is 1.63 bits per heavy atom. The highest BCUT2D eigenvalue weighted by molar-refractivity contribution is 7.90. The number of hydrogen-bond donors (Lipinski definition) is 2. The highest BCUT2D eigenvalue weighted by atomic mass is 32.2. The highest BCUT2D eigenvalue weighted by Crippen LogP contribution is 2.30. The number of anilines is 2. The molecule has 0 bridgehead atoms. The molecule has 0 saturated carbocycles. The molecule has 2 heterocycles. The fourth-order valence-corrected chi connectivity index (χ4v) is 8.23. The third-order valence-corrected chi connectivity index (χ3v) is 11.6. The lowest BCUT2D eigenvalue weighted by Crippen LogP contribution is -2.46. The summed E-state index contributed by atoms with van der Waals surface area (Å²) in [5.41, 5.74) is 5.28. The molecule has 3 aromatic carbocycles. The maximum Gasteiger partial charge on any atom is 0.293 e. The molecule has 272 valence electrons. The number of piperazine rings is 1. The molecule has 12 heteroatoms. The minimum Gasteiger partial charge on any atom is -0.381 e. The van der Waals surface area contributed by atoms with E-state index in [0.717, 1.165) is 70.2 Å². The van der Waals surface area contributed by atoms with Crippen LogP contribution < -0.4 is 14.9 Å². The molecule has 2 fully saturated rings.